The number of benzene rings is 1. The van der Waals surface area contributed by atoms with E-state index < -0.39 is 27.8 Å². The van der Waals surface area contributed by atoms with Gasteiger partial charge in [0.1, 0.15) is 11.9 Å². The lowest BCUT2D eigenvalue weighted by molar-refractivity contribution is -0.125. The van der Waals surface area contributed by atoms with E-state index in [9.17, 15) is 17.6 Å². The fraction of sp³-hybridized carbons (Fsp3) is 0.364. The van der Waals surface area contributed by atoms with E-state index in [1.165, 1.54) is 0 Å². The van der Waals surface area contributed by atoms with Crippen molar-refractivity contribution in [3.05, 3.63) is 30.1 Å². The first-order valence-corrected chi connectivity index (χ1v) is 7.01. The van der Waals surface area contributed by atoms with Crippen LogP contribution in [-0.4, -0.2) is 44.4 Å². The minimum Gasteiger partial charge on any atom is -0.378 e. The van der Waals surface area contributed by atoms with Crippen molar-refractivity contribution in [3.63, 3.8) is 0 Å². The smallest absolute Gasteiger partial charge is 0.243 e. The van der Waals surface area contributed by atoms with E-state index >= 15 is 0 Å². The number of halogens is 1. The Morgan fingerprint density at radius 1 is 1.37 bits per heavy atom. The van der Waals surface area contributed by atoms with E-state index in [2.05, 4.69) is 0 Å². The number of nitrogens with zero attached hydrogens (tertiary/aromatic N) is 1. The van der Waals surface area contributed by atoms with E-state index in [0.29, 0.717) is 0 Å². The number of carbonyl (C=O) groups excluding carboxylic acids is 1. The maximum atomic E-state index is 12.8. The molecule has 0 bridgehead atoms. The van der Waals surface area contributed by atoms with Crippen molar-refractivity contribution in [1.29, 1.82) is 0 Å². The van der Waals surface area contributed by atoms with Gasteiger partial charge in [-0.3, -0.25) is 4.79 Å². The van der Waals surface area contributed by atoms with Gasteiger partial charge in [0, 0.05) is 6.54 Å². The zero-order chi connectivity index (χ0) is 14.0. The van der Waals surface area contributed by atoms with Crippen molar-refractivity contribution in [3.8, 4) is 0 Å². The van der Waals surface area contributed by atoms with Crippen LogP contribution >= 0.6 is 0 Å². The molecule has 0 saturated carbocycles. The standard InChI is InChI=1S/C11H13FN2O4S/c12-8-1-3-9(4-2-8)19(16,17)14-5-6-18-7-10(14)11(13)15/h1-4,10H,5-7H2,(H2,13,15). The molecule has 0 aromatic heterocycles. The molecule has 19 heavy (non-hydrogen) atoms. The van der Waals surface area contributed by atoms with Crippen molar-refractivity contribution in [2.24, 2.45) is 5.73 Å². The van der Waals surface area contributed by atoms with Crippen molar-refractivity contribution in [1.82, 2.24) is 4.31 Å². The van der Waals surface area contributed by atoms with E-state index in [1.54, 1.807) is 0 Å². The van der Waals surface area contributed by atoms with Crippen LogP contribution in [0.25, 0.3) is 0 Å². The Morgan fingerprint density at radius 2 is 2.00 bits per heavy atom. The van der Waals surface area contributed by atoms with Crippen molar-refractivity contribution < 1.29 is 22.3 Å². The number of carbonyl (C=O) groups is 1. The number of hydrogen-bond acceptors (Lipinski definition) is 4. The second kappa shape index (κ2) is 5.24. The molecule has 1 aromatic rings. The Balaban J connectivity index is 2.37. The van der Waals surface area contributed by atoms with Gasteiger partial charge in [-0.25, -0.2) is 12.8 Å². The largest absolute Gasteiger partial charge is 0.378 e. The molecule has 2 rings (SSSR count). The van der Waals surface area contributed by atoms with Crippen molar-refractivity contribution in [2.75, 3.05) is 19.8 Å². The highest BCUT2D eigenvalue weighted by Crippen LogP contribution is 2.20. The van der Waals surface area contributed by atoms with Crippen LogP contribution in [0.2, 0.25) is 0 Å². The summed E-state index contributed by atoms with van der Waals surface area (Å²) < 4.78 is 43.6. The average molecular weight is 288 g/mol. The first-order chi connectivity index (χ1) is 8.93. The lowest BCUT2D eigenvalue weighted by Crippen LogP contribution is -2.54. The van der Waals surface area contributed by atoms with Gasteiger partial charge in [-0.05, 0) is 24.3 Å². The number of ether oxygens (including phenoxy) is 1. The molecule has 1 heterocycles. The van der Waals surface area contributed by atoms with E-state index in [-0.39, 0.29) is 24.7 Å². The third-order valence-corrected chi connectivity index (χ3v) is 4.75. The molecule has 1 aliphatic heterocycles. The van der Waals surface area contributed by atoms with Gasteiger partial charge < -0.3 is 10.5 Å². The predicted octanol–water partition coefficient (Wildman–Crippen LogP) is -0.299. The van der Waals surface area contributed by atoms with E-state index in [4.69, 9.17) is 10.5 Å². The Bertz CT molecular complexity index is 573. The molecule has 2 N–H and O–H groups in total. The molecular formula is C11H13FN2O4S. The van der Waals surface area contributed by atoms with Crippen molar-refractivity contribution in [2.45, 2.75) is 10.9 Å². The van der Waals surface area contributed by atoms with Crippen molar-refractivity contribution >= 4 is 15.9 Å². The van der Waals surface area contributed by atoms with E-state index in [0.717, 1.165) is 28.6 Å². The summed E-state index contributed by atoms with van der Waals surface area (Å²) in [6, 6.07) is 3.36. The number of morpholine rings is 1. The zero-order valence-electron chi connectivity index (χ0n) is 9.95. The van der Waals surface area contributed by atoms with Crippen LogP contribution in [0.5, 0.6) is 0 Å². The van der Waals surface area contributed by atoms with Crippen LogP contribution in [0.4, 0.5) is 4.39 Å². The van der Waals surface area contributed by atoms with Gasteiger partial charge in [-0.1, -0.05) is 0 Å². The highest BCUT2D eigenvalue weighted by molar-refractivity contribution is 7.89. The molecule has 1 amide bonds. The van der Waals surface area contributed by atoms with Gasteiger partial charge in [0.25, 0.3) is 0 Å². The Kier molecular flexibility index (Phi) is 3.83. The summed E-state index contributed by atoms with van der Waals surface area (Å²) in [6.07, 6.45) is 0. The fourth-order valence-electron chi connectivity index (χ4n) is 1.84. The lowest BCUT2D eigenvalue weighted by Gasteiger charge is -2.32. The highest BCUT2D eigenvalue weighted by Gasteiger charge is 2.37. The molecule has 0 aliphatic carbocycles. The fourth-order valence-corrected chi connectivity index (χ4v) is 3.41. The van der Waals surface area contributed by atoms with Crippen LogP contribution < -0.4 is 5.73 Å². The topological polar surface area (TPSA) is 89.7 Å². The minimum absolute atomic E-state index is 0.0350. The summed E-state index contributed by atoms with van der Waals surface area (Å²) in [5, 5.41) is 0. The molecule has 1 aromatic carbocycles. The third-order valence-electron chi connectivity index (χ3n) is 2.83. The van der Waals surface area contributed by atoms with Gasteiger partial charge in [-0.2, -0.15) is 4.31 Å². The first kappa shape index (κ1) is 13.9. The van der Waals surface area contributed by atoms with Gasteiger partial charge in [0.15, 0.2) is 0 Å². The van der Waals surface area contributed by atoms with Gasteiger partial charge in [-0.15, -0.1) is 0 Å². The molecule has 1 saturated heterocycles. The Labute approximate surface area is 110 Å². The summed E-state index contributed by atoms with van der Waals surface area (Å²) in [4.78, 5) is 11.2. The number of nitrogens with two attached hydrogens (primary N) is 1. The predicted molar refractivity (Wildman–Crippen MR) is 64.1 cm³/mol. The highest BCUT2D eigenvalue weighted by atomic mass is 32.2. The summed E-state index contributed by atoms with van der Waals surface area (Å²) in [5.74, 6) is -1.31. The summed E-state index contributed by atoms with van der Waals surface area (Å²) in [5.41, 5.74) is 5.17. The maximum absolute atomic E-state index is 12.8. The number of primary amides is 1. The number of hydrogen-bond donors (Lipinski definition) is 1. The molecule has 1 fully saturated rings. The summed E-state index contributed by atoms with van der Waals surface area (Å²) in [7, 11) is -3.89. The Morgan fingerprint density at radius 3 is 2.58 bits per heavy atom. The molecule has 0 spiro atoms. The normalized spacial score (nSPS) is 21.2. The number of rotatable bonds is 3. The Hall–Kier alpha value is -1.51. The molecule has 0 radical (unpaired) electrons. The molecule has 6 nitrogen and oxygen atoms in total. The molecule has 8 heteroatoms. The van der Waals surface area contributed by atoms with Crippen LogP contribution in [0.3, 0.4) is 0 Å². The first-order valence-electron chi connectivity index (χ1n) is 5.57. The maximum Gasteiger partial charge on any atom is 0.243 e. The second-order valence-corrected chi connectivity index (χ2v) is 5.95. The molecular weight excluding hydrogens is 275 g/mol. The van der Waals surface area contributed by atoms with Gasteiger partial charge in [0.05, 0.1) is 18.1 Å². The van der Waals surface area contributed by atoms with Crippen LogP contribution in [0.1, 0.15) is 0 Å². The molecule has 104 valence electrons. The second-order valence-electron chi connectivity index (χ2n) is 4.06. The molecule has 1 atom stereocenters. The van der Waals surface area contributed by atoms with Gasteiger partial charge in [0.2, 0.25) is 15.9 Å². The van der Waals surface area contributed by atoms with Crippen LogP contribution in [0.15, 0.2) is 29.2 Å². The number of amides is 1. The lowest BCUT2D eigenvalue weighted by atomic mass is 10.3. The van der Waals surface area contributed by atoms with Crippen LogP contribution in [0, 0.1) is 5.82 Å². The summed E-state index contributed by atoms with van der Waals surface area (Å²) in [6.45, 7) is 0.146. The SMILES string of the molecule is NC(=O)C1COCCN1S(=O)(=O)c1ccc(F)cc1. The monoisotopic (exact) mass is 288 g/mol. The molecule has 1 aliphatic rings. The van der Waals surface area contributed by atoms with E-state index in [1.807, 2.05) is 0 Å². The average Bonchev–Trinajstić information content (AvgIpc) is 2.39. The third kappa shape index (κ3) is 2.75. The summed E-state index contributed by atoms with van der Waals surface area (Å²) >= 11 is 0. The molecule has 1 unspecified atom stereocenters. The quantitative estimate of drug-likeness (QED) is 0.827. The minimum atomic E-state index is -3.89. The van der Waals surface area contributed by atoms with Crippen LogP contribution in [-0.2, 0) is 19.6 Å². The van der Waals surface area contributed by atoms with Gasteiger partial charge >= 0.3 is 0 Å². The zero-order valence-corrected chi connectivity index (χ0v) is 10.8. The number of sulfonamides is 1.